The van der Waals surface area contributed by atoms with Gasteiger partial charge in [0, 0.05) is 35.3 Å². The first-order chi connectivity index (χ1) is 16.5. The summed E-state index contributed by atoms with van der Waals surface area (Å²) in [6, 6.07) is 12.4. The second-order valence-electron chi connectivity index (χ2n) is 8.21. The fourth-order valence-electron chi connectivity index (χ4n) is 4.00. The molecule has 1 amide bonds. The minimum Gasteiger partial charge on any atom is -0.465 e. The number of piperidine rings is 1. The van der Waals surface area contributed by atoms with Gasteiger partial charge in [-0.1, -0.05) is 18.2 Å². The molecule has 0 saturated carbocycles. The highest BCUT2D eigenvalue weighted by Gasteiger charge is 2.33. The van der Waals surface area contributed by atoms with E-state index in [4.69, 9.17) is 4.74 Å². The van der Waals surface area contributed by atoms with Gasteiger partial charge in [0.15, 0.2) is 9.84 Å². The second-order valence-corrected chi connectivity index (χ2v) is 13.2. The summed E-state index contributed by atoms with van der Waals surface area (Å²) in [5, 5.41) is 3.61. The number of anilines is 1. The van der Waals surface area contributed by atoms with Crippen molar-refractivity contribution in [2.45, 2.75) is 22.6 Å². The lowest BCUT2D eigenvalue weighted by Crippen LogP contribution is -2.41. The Morgan fingerprint density at radius 3 is 2.17 bits per heavy atom. The zero-order valence-electron chi connectivity index (χ0n) is 19.1. The summed E-state index contributed by atoms with van der Waals surface area (Å²) in [6.45, 7) is 0.283. The highest BCUT2D eigenvalue weighted by molar-refractivity contribution is 7.90. The number of carbonyl (C=O) groups is 2. The van der Waals surface area contributed by atoms with Crippen LogP contribution in [0.15, 0.2) is 58.3 Å². The molecular formula is C23H24N2O7S3. The summed E-state index contributed by atoms with van der Waals surface area (Å²) >= 11 is 1.23. The van der Waals surface area contributed by atoms with Gasteiger partial charge in [-0.25, -0.2) is 21.6 Å². The van der Waals surface area contributed by atoms with Crippen molar-refractivity contribution in [3.8, 4) is 0 Å². The van der Waals surface area contributed by atoms with Gasteiger partial charge in [-0.2, -0.15) is 4.31 Å². The maximum absolute atomic E-state index is 13.0. The standard InChI is InChI=1S/C23H24N2O7S3/c1-32-23(27)21-20(18-5-3-4-6-19(18)33-21)24-22(26)15-11-13-25(14-12-15)35(30,31)17-9-7-16(8-10-17)34(2,28)29/h3-10,15H,11-14H2,1-2H3,(H,24,26). The van der Waals surface area contributed by atoms with Gasteiger partial charge < -0.3 is 10.1 Å². The van der Waals surface area contributed by atoms with Gasteiger partial charge in [0.1, 0.15) is 4.88 Å². The molecule has 1 aliphatic heterocycles. The monoisotopic (exact) mass is 536 g/mol. The number of hydrogen-bond acceptors (Lipinski definition) is 8. The third-order valence-electron chi connectivity index (χ3n) is 5.93. The first-order valence-electron chi connectivity index (χ1n) is 10.7. The van der Waals surface area contributed by atoms with E-state index in [1.807, 2.05) is 24.3 Å². The number of nitrogens with one attached hydrogen (secondary N) is 1. The quantitative estimate of drug-likeness (QED) is 0.480. The highest BCUT2D eigenvalue weighted by Crippen LogP contribution is 2.37. The molecule has 0 aliphatic carbocycles. The van der Waals surface area contributed by atoms with Crippen LogP contribution < -0.4 is 5.32 Å². The van der Waals surface area contributed by atoms with Crippen LogP contribution in [0.1, 0.15) is 22.5 Å². The number of fused-ring (bicyclic) bond motifs is 1. The molecule has 1 aromatic heterocycles. The summed E-state index contributed by atoms with van der Waals surface area (Å²) in [7, 11) is -5.98. The minimum atomic E-state index is -3.83. The van der Waals surface area contributed by atoms with E-state index >= 15 is 0 Å². The number of thiophene rings is 1. The zero-order valence-corrected chi connectivity index (χ0v) is 21.5. The van der Waals surface area contributed by atoms with Gasteiger partial charge in [-0.15, -0.1) is 11.3 Å². The number of rotatable bonds is 6. The van der Waals surface area contributed by atoms with Gasteiger partial charge in [0.05, 0.1) is 22.6 Å². The smallest absolute Gasteiger partial charge is 0.350 e. The van der Waals surface area contributed by atoms with Crippen LogP contribution in [0, 0.1) is 5.92 Å². The first kappa shape index (κ1) is 25.3. The normalized spacial score (nSPS) is 15.7. The SMILES string of the molecule is COC(=O)c1sc2ccccc2c1NC(=O)C1CCN(S(=O)(=O)c2ccc(S(C)(=O)=O)cc2)CC1. The summed E-state index contributed by atoms with van der Waals surface area (Å²) < 4.78 is 56.3. The van der Waals surface area contributed by atoms with E-state index in [1.54, 1.807) is 0 Å². The molecule has 35 heavy (non-hydrogen) atoms. The second kappa shape index (κ2) is 9.69. The number of amides is 1. The number of nitrogens with zero attached hydrogens (tertiary/aromatic N) is 1. The fourth-order valence-corrected chi connectivity index (χ4v) is 7.17. The van der Waals surface area contributed by atoms with E-state index in [2.05, 4.69) is 5.32 Å². The molecule has 1 aliphatic rings. The molecule has 9 nitrogen and oxygen atoms in total. The molecule has 3 aromatic rings. The molecule has 0 unspecified atom stereocenters. The van der Waals surface area contributed by atoms with E-state index < -0.39 is 31.7 Å². The Balaban J connectivity index is 1.47. The third-order valence-corrected chi connectivity index (χ3v) is 10.1. The average Bonchev–Trinajstić information content (AvgIpc) is 3.21. The Kier molecular flexibility index (Phi) is 7.00. The lowest BCUT2D eigenvalue weighted by atomic mass is 9.97. The molecule has 0 spiro atoms. The molecule has 0 radical (unpaired) electrons. The Morgan fingerprint density at radius 2 is 1.57 bits per heavy atom. The number of benzene rings is 2. The number of ether oxygens (including phenoxy) is 1. The van der Waals surface area contributed by atoms with Crippen LogP contribution in [0.2, 0.25) is 0 Å². The van der Waals surface area contributed by atoms with E-state index in [9.17, 15) is 26.4 Å². The molecule has 12 heteroatoms. The fraction of sp³-hybridized carbons (Fsp3) is 0.304. The van der Waals surface area contributed by atoms with Gasteiger partial charge in [0.25, 0.3) is 0 Å². The summed E-state index contributed by atoms with van der Waals surface area (Å²) in [5.41, 5.74) is 0.406. The Bertz CT molecular complexity index is 1490. The maximum atomic E-state index is 13.0. The van der Waals surface area contributed by atoms with Gasteiger partial charge in [-0.05, 0) is 43.2 Å². The van der Waals surface area contributed by atoms with Crippen LogP contribution >= 0.6 is 11.3 Å². The van der Waals surface area contributed by atoms with E-state index in [1.165, 1.54) is 47.0 Å². The third kappa shape index (κ3) is 5.10. The maximum Gasteiger partial charge on any atom is 0.350 e. The lowest BCUT2D eigenvalue weighted by Gasteiger charge is -2.30. The van der Waals surface area contributed by atoms with Crippen molar-refractivity contribution in [1.82, 2.24) is 4.31 Å². The molecule has 2 heterocycles. The van der Waals surface area contributed by atoms with Crippen molar-refractivity contribution in [2.24, 2.45) is 5.92 Å². The molecule has 1 fully saturated rings. The molecule has 0 atom stereocenters. The lowest BCUT2D eigenvalue weighted by molar-refractivity contribution is -0.120. The van der Waals surface area contributed by atoms with Crippen LogP contribution in [0.5, 0.6) is 0 Å². The summed E-state index contributed by atoms with van der Waals surface area (Å²) in [6.07, 6.45) is 1.67. The predicted molar refractivity (Wildman–Crippen MR) is 133 cm³/mol. The summed E-state index contributed by atoms with van der Waals surface area (Å²) in [5.74, 6) is -1.25. The van der Waals surface area contributed by atoms with Crippen molar-refractivity contribution in [3.05, 3.63) is 53.4 Å². The van der Waals surface area contributed by atoms with Crippen molar-refractivity contribution in [2.75, 3.05) is 31.8 Å². The van der Waals surface area contributed by atoms with Crippen molar-refractivity contribution in [3.63, 3.8) is 0 Å². The first-order valence-corrected chi connectivity index (χ1v) is 14.9. The van der Waals surface area contributed by atoms with Crippen LogP contribution in [0.3, 0.4) is 0 Å². The molecule has 1 N–H and O–H groups in total. The molecule has 186 valence electrons. The van der Waals surface area contributed by atoms with Crippen LogP contribution in [-0.4, -0.2) is 59.5 Å². The van der Waals surface area contributed by atoms with E-state index in [0.717, 1.165) is 16.3 Å². The Labute approximate surface area is 207 Å². The Morgan fingerprint density at radius 1 is 0.971 bits per heavy atom. The largest absolute Gasteiger partial charge is 0.465 e. The molecule has 4 rings (SSSR count). The van der Waals surface area contributed by atoms with Crippen LogP contribution in [0.4, 0.5) is 5.69 Å². The topological polar surface area (TPSA) is 127 Å². The average molecular weight is 537 g/mol. The van der Waals surface area contributed by atoms with Gasteiger partial charge >= 0.3 is 5.97 Å². The van der Waals surface area contributed by atoms with Gasteiger partial charge in [0.2, 0.25) is 15.9 Å². The van der Waals surface area contributed by atoms with Crippen molar-refractivity contribution >= 4 is 58.8 Å². The number of esters is 1. The molecular weight excluding hydrogens is 512 g/mol. The van der Waals surface area contributed by atoms with Crippen LogP contribution in [-0.2, 0) is 29.4 Å². The number of sulfonamides is 1. The molecule has 2 aromatic carbocycles. The Hall–Kier alpha value is -2.80. The van der Waals surface area contributed by atoms with Crippen molar-refractivity contribution < 1.29 is 31.2 Å². The molecule has 0 bridgehead atoms. The number of sulfone groups is 1. The summed E-state index contributed by atoms with van der Waals surface area (Å²) in [4.78, 5) is 25.6. The zero-order chi connectivity index (χ0) is 25.4. The molecule has 1 saturated heterocycles. The predicted octanol–water partition coefficient (Wildman–Crippen LogP) is 3.13. The number of carbonyl (C=O) groups excluding carboxylic acids is 2. The van der Waals surface area contributed by atoms with E-state index in [-0.39, 0.29) is 28.8 Å². The van der Waals surface area contributed by atoms with Crippen molar-refractivity contribution in [1.29, 1.82) is 0 Å². The van der Waals surface area contributed by atoms with Crippen LogP contribution in [0.25, 0.3) is 10.1 Å². The highest BCUT2D eigenvalue weighted by atomic mass is 32.2. The van der Waals surface area contributed by atoms with Gasteiger partial charge in [-0.3, -0.25) is 4.79 Å². The van der Waals surface area contributed by atoms with E-state index in [0.29, 0.717) is 23.4 Å². The number of methoxy groups -OCH3 is 1. The minimum absolute atomic E-state index is 0.000245. The number of hydrogen-bond donors (Lipinski definition) is 1.